The summed E-state index contributed by atoms with van der Waals surface area (Å²) in [6, 6.07) is 16.1. The molecule has 182 valence electrons. The van der Waals surface area contributed by atoms with Crippen molar-refractivity contribution in [2.75, 3.05) is 5.32 Å². The van der Waals surface area contributed by atoms with Gasteiger partial charge in [0.25, 0.3) is 0 Å². The third-order valence-electron chi connectivity index (χ3n) is 6.15. The maximum atomic E-state index is 13.9. The second-order valence-electron chi connectivity index (χ2n) is 8.75. The topological polar surface area (TPSA) is 112 Å². The molecule has 0 unspecified atom stereocenters. The van der Waals surface area contributed by atoms with Gasteiger partial charge in [0, 0.05) is 35.3 Å². The van der Waals surface area contributed by atoms with Gasteiger partial charge in [-0.2, -0.15) is 5.10 Å². The first kappa shape index (κ1) is 22.5. The number of carbonyl (C=O) groups is 1. The number of rotatable bonds is 6. The fourth-order valence-corrected chi connectivity index (χ4v) is 4.41. The lowest BCUT2D eigenvalue weighted by Gasteiger charge is -2.07. The standard InChI is InChI=1S/C28H22FN7O/c1-2-4-24(37)32-20-12-18(14-30-15-20)16-7-8-23-22(13-16)26(36-35-23)28-33-25-21(9-10-31-27(25)34-28)17-5-3-6-19(29)11-17/h3,5-15H,2,4H2,1H3,(H,32,37)(H,35,36)(H,31,33,34). The molecule has 1 amide bonds. The molecule has 0 bridgehead atoms. The highest BCUT2D eigenvalue weighted by atomic mass is 19.1. The van der Waals surface area contributed by atoms with Crippen LogP contribution in [-0.2, 0) is 4.79 Å². The van der Waals surface area contributed by atoms with E-state index >= 15 is 0 Å². The van der Waals surface area contributed by atoms with Crippen LogP contribution in [0, 0.1) is 5.82 Å². The molecule has 0 aliphatic rings. The number of hydrogen-bond acceptors (Lipinski definition) is 5. The van der Waals surface area contributed by atoms with Gasteiger partial charge in [-0.05, 0) is 53.9 Å². The number of H-pyrrole nitrogens is 2. The molecule has 37 heavy (non-hydrogen) atoms. The predicted octanol–water partition coefficient (Wildman–Crippen LogP) is 6.11. The molecule has 6 aromatic rings. The Kier molecular flexibility index (Phi) is 5.65. The summed E-state index contributed by atoms with van der Waals surface area (Å²) in [4.78, 5) is 28.7. The number of imidazole rings is 1. The minimum absolute atomic E-state index is 0.0369. The summed E-state index contributed by atoms with van der Waals surface area (Å²) in [6.45, 7) is 1.96. The van der Waals surface area contributed by atoms with Crippen molar-refractivity contribution in [2.45, 2.75) is 19.8 Å². The van der Waals surface area contributed by atoms with Crippen LogP contribution in [0.3, 0.4) is 0 Å². The van der Waals surface area contributed by atoms with E-state index < -0.39 is 0 Å². The molecule has 0 radical (unpaired) electrons. The van der Waals surface area contributed by atoms with Gasteiger partial charge in [0.1, 0.15) is 11.5 Å². The lowest BCUT2D eigenvalue weighted by Crippen LogP contribution is -2.10. The quantitative estimate of drug-likeness (QED) is 0.260. The number of halogens is 1. The van der Waals surface area contributed by atoms with Crippen molar-refractivity contribution in [1.82, 2.24) is 30.1 Å². The van der Waals surface area contributed by atoms with E-state index in [1.54, 1.807) is 24.7 Å². The smallest absolute Gasteiger partial charge is 0.224 e. The van der Waals surface area contributed by atoms with Crippen LogP contribution in [-0.4, -0.2) is 36.0 Å². The molecule has 6 rings (SSSR count). The fraction of sp³-hybridized carbons (Fsp3) is 0.107. The van der Waals surface area contributed by atoms with Crippen LogP contribution >= 0.6 is 0 Å². The van der Waals surface area contributed by atoms with Gasteiger partial charge in [-0.3, -0.25) is 14.9 Å². The zero-order valence-corrected chi connectivity index (χ0v) is 19.9. The number of aromatic amines is 2. The van der Waals surface area contributed by atoms with E-state index in [1.165, 1.54) is 12.1 Å². The van der Waals surface area contributed by atoms with Crippen molar-refractivity contribution in [3.05, 3.63) is 79.0 Å². The number of nitrogens with zero attached hydrogens (tertiary/aromatic N) is 4. The maximum Gasteiger partial charge on any atom is 0.224 e. The molecular weight excluding hydrogens is 469 g/mol. The number of fused-ring (bicyclic) bond motifs is 2. The molecule has 9 heteroatoms. The number of hydrogen-bond donors (Lipinski definition) is 3. The highest BCUT2D eigenvalue weighted by Gasteiger charge is 2.17. The second kappa shape index (κ2) is 9.27. The fourth-order valence-electron chi connectivity index (χ4n) is 4.41. The van der Waals surface area contributed by atoms with E-state index in [4.69, 9.17) is 0 Å². The minimum atomic E-state index is -0.309. The molecule has 4 heterocycles. The zero-order valence-electron chi connectivity index (χ0n) is 19.9. The SMILES string of the molecule is CCCC(=O)Nc1cncc(-c2ccc3[nH]nc(-c4nc5nccc(-c6cccc(F)c6)c5[nH]4)c3c2)c1. The van der Waals surface area contributed by atoms with E-state index in [2.05, 4.69) is 35.5 Å². The van der Waals surface area contributed by atoms with Crippen LogP contribution in [0.25, 0.3) is 55.8 Å². The first-order valence-electron chi connectivity index (χ1n) is 11.9. The minimum Gasteiger partial charge on any atom is -0.335 e. The number of carbonyl (C=O) groups excluding carboxylic acids is 1. The molecule has 0 spiro atoms. The second-order valence-corrected chi connectivity index (χ2v) is 8.75. The summed E-state index contributed by atoms with van der Waals surface area (Å²) in [5.74, 6) is 0.204. The number of pyridine rings is 2. The summed E-state index contributed by atoms with van der Waals surface area (Å²) < 4.78 is 13.9. The molecule has 0 aliphatic heterocycles. The van der Waals surface area contributed by atoms with Gasteiger partial charge in [-0.25, -0.2) is 14.4 Å². The Morgan fingerprint density at radius 2 is 1.95 bits per heavy atom. The number of benzene rings is 2. The molecule has 3 N–H and O–H groups in total. The molecule has 0 saturated carbocycles. The molecule has 0 saturated heterocycles. The van der Waals surface area contributed by atoms with Crippen molar-refractivity contribution < 1.29 is 9.18 Å². The number of nitrogens with one attached hydrogen (secondary N) is 3. The largest absolute Gasteiger partial charge is 0.335 e. The Hall–Kier alpha value is -4.92. The Morgan fingerprint density at radius 3 is 2.81 bits per heavy atom. The monoisotopic (exact) mass is 491 g/mol. The van der Waals surface area contributed by atoms with Crippen molar-refractivity contribution in [3.63, 3.8) is 0 Å². The van der Waals surface area contributed by atoms with Gasteiger partial charge >= 0.3 is 0 Å². The predicted molar refractivity (Wildman–Crippen MR) is 141 cm³/mol. The van der Waals surface area contributed by atoms with Gasteiger partial charge in [0.05, 0.1) is 22.9 Å². The first-order chi connectivity index (χ1) is 18.1. The van der Waals surface area contributed by atoms with Gasteiger partial charge in [-0.15, -0.1) is 0 Å². The third-order valence-corrected chi connectivity index (χ3v) is 6.15. The summed E-state index contributed by atoms with van der Waals surface area (Å²) in [5.41, 5.74) is 6.67. The van der Waals surface area contributed by atoms with E-state index in [1.807, 2.05) is 43.3 Å². The molecule has 4 aromatic heterocycles. The molecule has 8 nitrogen and oxygen atoms in total. The highest BCUT2D eigenvalue weighted by Crippen LogP contribution is 2.33. The van der Waals surface area contributed by atoms with Gasteiger partial charge in [0.2, 0.25) is 5.91 Å². The average Bonchev–Trinajstić information content (AvgIpc) is 3.52. The van der Waals surface area contributed by atoms with Crippen molar-refractivity contribution in [2.24, 2.45) is 0 Å². The van der Waals surface area contributed by atoms with Crippen LogP contribution < -0.4 is 5.32 Å². The lowest BCUT2D eigenvalue weighted by atomic mass is 10.0. The molecule has 0 atom stereocenters. The molecular formula is C28H22FN7O. The van der Waals surface area contributed by atoms with E-state index in [0.29, 0.717) is 34.8 Å². The van der Waals surface area contributed by atoms with Crippen molar-refractivity contribution >= 4 is 33.7 Å². The van der Waals surface area contributed by atoms with Gasteiger partial charge < -0.3 is 10.3 Å². The van der Waals surface area contributed by atoms with Gasteiger partial charge in [-0.1, -0.05) is 25.1 Å². The highest BCUT2D eigenvalue weighted by molar-refractivity contribution is 5.98. The zero-order chi connectivity index (χ0) is 25.4. The van der Waals surface area contributed by atoms with Gasteiger partial charge in [0.15, 0.2) is 11.5 Å². The van der Waals surface area contributed by atoms with Crippen LogP contribution in [0.15, 0.2) is 73.2 Å². The average molecular weight is 492 g/mol. The van der Waals surface area contributed by atoms with E-state index in [-0.39, 0.29) is 11.7 Å². The first-order valence-corrected chi connectivity index (χ1v) is 11.9. The normalized spacial score (nSPS) is 11.3. The summed E-state index contributed by atoms with van der Waals surface area (Å²) in [5, 5.41) is 11.3. The van der Waals surface area contributed by atoms with Crippen LogP contribution in [0.1, 0.15) is 19.8 Å². The van der Waals surface area contributed by atoms with Crippen LogP contribution in [0.5, 0.6) is 0 Å². The number of aromatic nitrogens is 6. The summed E-state index contributed by atoms with van der Waals surface area (Å²) in [7, 11) is 0. The summed E-state index contributed by atoms with van der Waals surface area (Å²) in [6.07, 6.45) is 6.29. The Bertz CT molecular complexity index is 1770. The Balaban J connectivity index is 1.40. The summed E-state index contributed by atoms with van der Waals surface area (Å²) >= 11 is 0. The Labute approximate surface area is 211 Å². The number of amides is 1. The molecule has 0 aliphatic carbocycles. The van der Waals surface area contributed by atoms with Crippen LogP contribution in [0.4, 0.5) is 10.1 Å². The lowest BCUT2D eigenvalue weighted by molar-refractivity contribution is -0.116. The molecule has 2 aromatic carbocycles. The van der Waals surface area contributed by atoms with Crippen molar-refractivity contribution in [3.8, 4) is 33.8 Å². The van der Waals surface area contributed by atoms with Crippen molar-refractivity contribution in [1.29, 1.82) is 0 Å². The van der Waals surface area contributed by atoms with Crippen LogP contribution in [0.2, 0.25) is 0 Å². The maximum absolute atomic E-state index is 13.9. The number of anilines is 1. The van der Waals surface area contributed by atoms with E-state index in [9.17, 15) is 9.18 Å². The Morgan fingerprint density at radius 1 is 1.03 bits per heavy atom. The third kappa shape index (κ3) is 4.31. The van der Waals surface area contributed by atoms with E-state index in [0.717, 1.165) is 39.6 Å². The molecule has 0 fully saturated rings.